The summed E-state index contributed by atoms with van der Waals surface area (Å²) in [6, 6.07) is 12.3. The molecule has 0 radical (unpaired) electrons. The van der Waals surface area contributed by atoms with Crippen molar-refractivity contribution in [3.8, 4) is 17.2 Å². The molecule has 4 rings (SSSR count). The van der Waals surface area contributed by atoms with Gasteiger partial charge in [0.15, 0.2) is 11.5 Å². The first kappa shape index (κ1) is 22.2. The number of para-hydroxylation sites is 1. The fraction of sp³-hybridized carbons (Fsp3) is 0.462. The molecule has 1 aliphatic heterocycles. The molecule has 1 aliphatic rings. The standard InChI is InChI=1S/C26H33N3O3/c1-26(2,3)25-27-20-16-23(32-6)22(31-5)15-19(20)24(28-25)29-13-11-17(12-14-29)18-9-7-8-10-21(18)30-4/h7-10,15-17H,11-14H2,1-6H3. The first-order chi connectivity index (χ1) is 15.4. The number of hydrogen-bond acceptors (Lipinski definition) is 6. The lowest BCUT2D eigenvalue weighted by atomic mass is 9.88. The Morgan fingerprint density at radius 2 is 1.47 bits per heavy atom. The van der Waals surface area contributed by atoms with Gasteiger partial charge in [-0.2, -0.15) is 0 Å². The van der Waals surface area contributed by atoms with Crippen LogP contribution in [0.15, 0.2) is 36.4 Å². The van der Waals surface area contributed by atoms with Crippen LogP contribution < -0.4 is 19.1 Å². The van der Waals surface area contributed by atoms with Gasteiger partial charge in [0.05, 0.1) is 26.8 Å². The molecule has 6 heteroatoms. The highest BCUT2D eigenvalue weighted by atomic mass is 16.5. The minimum absolute atomic E-state index is 0.161. The van der Waals surface area contributed by atoms with Gasteiger partial charge in [0.25, 0.3) is 0 Å². The van der Waals surface area contributed by atoms with Crippen LogP contribution in [0.2, 0.25) is 0 Å². The van der Waals surface area contributed by atoms with E-state index in [1.165, 1.54) is 5.56 Å². The molecular formula is C26H33N3O3. The minimum Gasteiger partial charge on any atom is -0.496 e. The van der Waals surface area contributed by atoms with Crippen LogP contribution in [-0.4, -0.2) is 44.4 Å². The number of hydrogen-bond donors (Lipinski definition) is 0. The average molecular weight is 436 g/mol. The summed E-state index contributed by atoms with van der Waals surface area (Å²) in [6.45, 7) is 8.28. The van der Waals surface area contributed by atoms with Crippen LogP contribution in [0.3, 0.4) is 0 Å². The van der Waals surface area contributed by atoms with E-state index in [-0.39, 0.29) is 5.41 Å². The third kappa shape index (κ3) is 4.18. The summed E-state index contributed by atoms with van der Waals surface area (Å²) in [6.07, 6.45) is 2.09. The number of benzene rings is 2. The third-order valence-electron chi connectivity index (χ3n) is 6.22. The highest BCUT2D eigenvalue weighted by Gasteiger charge is 2.27. The fourth-order valence-corrected chi connectivity index (χ4v) is 4.42. The molecule has 0 atom stereocenters. The van der Waals surface area contributed by atoms with Gasteiger partial charge in [-0.3, -0.25) is 0 Å². The summed E-state index contributed by atoms with van der Waals surface area (Å²) in [5.74, 6) is 4.63. The van der Waals surface area contributed by atoms with E-state index in [9.17, 15) is 0 Å². The smallest absolute Gasteiger partial charge is 0.162 e. The Morgan fingerprint density at radius 1 is 0.844 bits per heavy atom. The lowest BCUT2D eigenvalue weighted by Crippen LogP contribution is -2.34. The van der Waals surface area contributed by atoms with Crippen molar-refractivity contribution in [2.75, 3.05) is 39.3 Å². The topological polar surface area (TPSA) is 56.7 Å². The average Bonchev–Trinajstić information content (AvgIpc) is 2.81. The Kier molecular flexibility index (Phi) is 6.13. The molecule has 0 amide bonds. The van der Waals surface area contributed by atoms with Gasteiger partial charge in [-0.05, 0) is 36.5 Å². The van der Waals surface area contributed by atoms with Gasteiger partial charge >= 0.3 is 0 Å². The predicted octanol–water partition coefficient (Wildman–Crippen LogP) is 5.34. The molecule has 2 heterocycles. The zero-order valence-corrected chi connectivity index (χ0v) is 19.9. The van der Waals surface area contributed by atoms with Gasteiger partial charge in [0.1, 0.15) is 17.4 Å². The van der Waals surface area contributed by atoms with Crippen molar-refractivity contribution in [2.45, 2.75) is 44.9 Å². The molecule has 2 aromatic carbocycles. The number of anilines is 1. The number of fused-ring (bicyclic) bond motifs is 1. The molecule has 0 bridgehead atoms. The summed E-state index contributed by atoms with van der Waals surface area (Å²) < 4.78 is 16.7. The van der Waals surface area contributed by atoms with Crippen LogP contribution in [0.25, 0.3) is 10.9 Å². The van der Waals surface area contributed by atoms with E-state index >= 15 is 0 Å². The molecule has 6 nitrogen and oxygen atoms in total. The Balaban J connectivity index is 1.72. The molecule has 0 spiro atoms. The second-order valence-electron chi connectivity index (χ2n) is 9.35. The Bertz CT molecular complexity index is 1100. The molecule has 0 N–H and O–H groups in total. The maximum Gasteiger partial charge on any atom is 0.162 e. The molecule has 1 saturated heterocycles. The zero-order chi connectivity index (χ0) is 22.9. The van der Waals surface area contributed by atoms with Crippen molar-refractivity contribution in [2.24, 2.45) is 0 Å². The largest absolute Gasteiger partial charge is 0.496 e. The highest BCUT2D eigenvalue weighted by Crippen LogP contribution is 2.39. The van der Waals surface area contributed by atoms with Gasteiger partial charge < -0.3 is 19.1 Å². The van der Waals surface area contributed by atoms with Crippen molar-refractivity contribution >= 4 is 16.7 Å². The maximum absolute atomic E-state index is 5.61. The van der Waals surface area contributed by atoms with Crippen molar-refractivity contribution in [1.29, 1.82) is 0 Å². The first-order valence-corrected chi connectivity index (χ1v) is 11.2. The predicted molar refractivity (Wildman–Crippen MR) is 129 cm³/mol. The normalized spacial score (nSPS) is 15.1. The van der Waals surface area contributed by atoms with E-state index in [1.807, 2.05) is 18.2 Å². The van der Waals surface area contributed by atoms with Gasteiger partial charge in [-0.25, -0.2) is 9.97 Å². The SMILES string of the molecule is COc1cc2nc(C(C)(C)C)nc(N3CCC(c4ccccc4OC)CC3)c2cc1OC. The Labute approximate surface area is 190 Å². The van der Waals surface area contributed by atoms with Crippen LogP contribution in [0.4, 0.5) is 5.82 Å². The van der Waals surface area contributed by atoms with Crippen LogP contribution in [0.1, 0.15) is 50.9 Å². The monoisotopic (exact) mass is 435 g/mol. The number of aromatic nitrogens is 2. The first-order valence-electron chi connectivity index (χ1n) is 11.2. The highest BCUT2D eigenvalue weighted by molar-refractivity contribution is 5.92. The minimum atomic E-state index is -0.161. The third-order valence-corrected chi connectivity index (χ3v) is 6.22. The summed E-state index contributed by atoms with van der Waals surface area (Å²) in [7, 11) is 5.06. The van der Waals surface area contributed by atoms with Crippen molar-refractivity contribution in [3.63, 3.8) is 0 Å². The van der Waals surface area contributed by atoms with Gasteiger partial charge in [0, 0.05) is 30.0 Å². The zero-order valence-electron chi connectivity index (χ0n) is 19.9. The number of rotatable bonds is 5. The molecule has 0 unspecified atom stereocenters. The second kappa shape index (κ2) is 8.85. The number of piperidine rings is 1. The molecule has 170 valence electrons. The van der Waals surface area contributed by atoms with Crippen molar-refractivity contribution < 1.29 is 14.2 Å². The Hall–Kier alpha value is -3.02. The van der Waals surface area contributed by atoms with E-state index in [1.54, 1.807) is 21.3 Å². The summed E-state index contributed by atoms with van der Waals surface area (Å²) >= 11 is 0. The molecule has 32 heavy (non-hydrogen) atoms. The molecule has 1 fully saturated rings. The molecule has 0 saturated carbocycles. The van der Waals surface area contributed by atoms with E-state index in [4.69, 9.17) is 24.2 Å². The molecule has 0 aliphatic carbocycles. The molecule has 1 aromatic heterocycles. The van der Waals surface area contributed by atoms with Crippen LogP contribution >= 0.6 is 0 Å². The summed E-state index contributed by atoms with van der Waals surface area (Å²) in [5.41, 5.74) is 2.01. The summed E-state index contributed by atoms with van der Waals surface area (Å²) in [4.78, 5) is 12.3. The number of nitrogens with zero attached hydrogens (tertiary/aromatic N) is 3. The lowest BCUT2D eigenvalue weighted by molar-refractivity contribution is 0.355. The van der Waals surface area contributed by atoms with E-state index in [0.29, 0.717) is 17.4 Å². The molecule has 3 aromatic rings. The van der Waals surface area contributed by atoms with Crippen molar-refractivity contribution in [1.82, 2.24) is 9.97 Å². The van der Waals surface area contributed by atoms with Crippen LogP contribution in [0, 0.1) is 0 Å². The van der Waals surface area contributed by atoms with E-state index < -0.39 is 0 Å². The van der Waals surface area contributed by atoms with Gasteiger partial charge in [-0.1, -0.05) is 39.0 Å². The van der Waals surface area contributed by atoms with E-state index in [0.717, 1.165) is 54.2 Å². The van der Waals surface area contributed by atoms with Crippen molar-refractivity contribution in [3.05, 3.63) is 47.8 Å². The van der Waals surface area contributed by atoms with Gasteiger partial charge in [0.2, 0.25) is 0 Å². The number of ether oxygens (including phenoxy) is 3. The quantitative estimate of drug-likeness (QED) is 0.539. The fourth-order valence-electron chi connectivity index (χ4n) is 4.42. The number of methoxy groups -OCH3 is 3. The van der Waals surface area contributed by atoms with E-state index in [2.05, 4.69) is 43.9 Å². The van der Waals surface area contributed by atoms with Gasteiger partial charge in [-0.15, -0.1) is 0 Å². The summed E-state index contributed by atoms with van der Waals surface area (Å²) in [5, 5.41) is 0.992. The van der Waals surface area contributed by atoms with Crippen LogP contribution in [-0.2, 0) is 5.41 Å². The lowest BCUT2D eigenvalue weighted by Gasteiger charge is -2.34. The maximum atomic E-state index is 5.61. The molecular weight excluding hydrogens is 402 g/mol. The second-order valence-corrected chi connectivity index (χ2v) is 9.35. The Morgan fingerprint density at radius 3 is 2.09 bits per heavy atom. The van der Waals surface area contributed by atoms with Crippen LogP contribution in [0.5, 0.6) is 17.2 Å².